The molecule has 7 nitrogen and oxygen atoms in total. The van der Waals surface area contributed by atoms with Gasteiger partial charge in [0.25, 0.3) is 5.91 Å². The van der Waals surface area contributed by atoms with Gasteiger partial charge in [0.05, 0.1) is 5.56 Å². The fourth-order valence-corrected chi connectivity index (χ4v) is 2.89. The molecule has 134 valence electrons. The van der Waals surface area contributed by atoms with E-state index < -0.39 is 0 Å². The Balaban J connectivity index is 1.67. The maximum absolute atomic E-state index is 12.3. The van der Waals surface area contributed by atoms with Crippen LogP contribution in [0.25, 0.3) is 0 Å². The number of anilines is 1. The summed E-state index contributed by atoms with van der Waals surface area (Å²) in [6.45, 7) is 6.83. The fraction of sp³-hybridized carbons (Fsp3) is 0.316. The Kier molecular flexibility index (Phi) is 4.43. The van der Waals surface area contributed by atoms with E-state index >= 15 is 0 Å². The average molecular weight is 351 g/mol. The van der Waals surface area contributed by atoms with Gasteiger partial charge in [0.15, 0.2) is 0 Å². The summed E-state index contributed by atoms with van der Waals surface area (Å²) >= 11 is 0. The minimum Gasteiger partial charge on any atom is -0.348 e. The Labute approximate surface area is 152 Å². The molecule has 0 fully saturated rings. The van der Waals surface area contributed by atoms with Gasteiger partial charge in [-0.15, -0.1) is 0 Å². The number of nitriles is 1. The van der Waals surface area contributed by atoms with Gasteiger partial charge in [-0.25, -0.2) is 4.79 Å². The first kappa shape index (κ1) is 17.5. The number of carbonyl (C=O) groups is 2. The molecule has 7 heteroatoms. The number of hydrogen-bond donors (Lipinski definition) is 3. The van der Waals surface area contributed by atoms with Crippen molar-refractivity contribution in [2.24, 2.45) is 0 Å². The summed E-state index contributed by atoms with van der Waals surface area (Å²) in [5.74, 6) is 0.471. The molecule has 0 unspecified atom stereocenters. The highest BCUT2D eigenvalue weighted by Gasteiger charge is 2.20. The van der Waals surface area contributed by atoms with Crippen molar-refractivity contribution in [3.63, 3.8) is 0 Å². The highest BCUT2D eigenvalue weighted by atomic mass is 16.2. The van der Waals surface area contributed by atoms with Crippen LogP contribution in [0.1, 0.15) is 47.8 Å². The smallest absolute Gasteiger partial charge is 0.320 e. The van der Waals surface area contributed by atoms with E-state index in [2.05, 4.69) is 22.0 Å². The number of hydrogen-bond acceptors (Lipinski definition) is 3. The number of rotatable bonds is 3. The summed E-state index contributed by atoms with van der Waals surface area (Å²) in [7, 11) is 0. The molecule has 2 aromatic rings. The zero-order valence-corrected chi connectivity index (χ0v) is 15.0. The molecular formula is C19H21N5O2. The van der Waals surface area contributed by atoms with Crippen LogP contribution in [0.2, 0.25) is 0 Å². The molecule has 1 aliphatic rings. The van der Waals surface area contributed by atoms with Gasteiger partial charge < -0.3 is 15.2 Å². The monoisotopic (exact) mass is 351 g/mol. The number of amides is 3. The lowest BCUT2D eigenvalue weighted by atomic mass is 10.1. The maximum Gasteiger partial charge on any atom is 0.320 e. The number of carbonyl (C=O) groups excluding carboxylic acids is 2. The molecule has 0 atom stereocenters. The lowest BCUT2D eigenvalue weighted by Crippen LogP contribution is -2.31. The minimum atomic E-state index is -0.372. The second-order valence-corrected chi connectivity index (χ2v) is 7.25. The average Bonchev–Trinajstić information content (AvgIpc) is 3.16. The zero-order chi connectivity index (χ0) is 18.9. The second-order valence-electron chi connectivity index (χ2n) is 7.25. The topological polar surface area (TPSA) is 98.9 Å². The SMILES string of the molecule is CC(C)(C)n1cc(C#N)cc1NC(=O)NCc1ccc2c(c1)C(=O)NC2. The van der Waals surface area contributed by atoms with Crippen molar-refractivity contribution in [1.82, 2.24) is 15.2 Å². The van der Waals surface area contributed by atoms with Crippen LogP contribution in [0.3, 0.4) is 0 Å². The maximum atomic E-state index is 12.3. The van der Waals surface area contributed by atoms with Crippen molar-refractivity contribution in [3.05, 3.63) is 52.7 Å². The summed E-state index contributed by atoms with van der Waals surface area (Å²) in [4.78, 5) is 24.0. The van der Waals surface area contributed by atoms with Gasteiger partial charge in [-0.05, 0) is 44.0 Å². The predicted molar refractivity (Wildman–Crippen MR) is 97.6 cm³/mol. The number of urea groups is 1. The highest BCUT2D eigenvalue weighted by Crippen LogP contribution is 2.24. The van der Waals surface area contributed by atoms with Gasteiger partial charge in [-0.2, -0.15) is 5.26 Å². The molecule has 3 rings (SSSR count). The molecule has 1 aliphatic heterocycles. The highest BCUT2D eigenvalue weighted by molar-refractivity contribution is 5.98. The second kappa shape index (κ2) is 6.56. The van der Waals surface area contributed by atoms with Gasteiger partial charge in [0.1, 0.15) is 11.9 Å². The minimum absolute atomic E-state index is 0.0849. The standard InChI is InChI=1S/C19H21N5O2/c1-19(2,3)24-11-13(8-20)7-16(24)23-18(26)22-9-12-4-5-14-10-21-17(25)15(14)6-12/h4-7,11H,9-10H2,1-3H3,(H,21,25)(H2,22,23,26). The number of fused-ring (bicyclic) bond motifs is 1. The van der Waals surface area contributed by atoms with E-state index in [4.69, 9.17) is 5.26 Å². The van der Waals surface area contributed by atoms with E-state index in [9.17, 15) is 9.59 Å². The molecule has 1 aromatic heterocycles. The molecule has 26 heavy (non-hydrogen) atoms. The lowest BCUT2D eigenvalue weighted by Gasteiger charge is -2.24. The van der Waals surface area contributed by atoms with Crippen LogP contribution >= 0.6 is 0 Å². The van der Waals surface area contributed by atoms with Crippen LogP contribution in [-0.4, -0.2) is 16.5 Å². The van der Waals surface area contributed by atoms with Crippen molar-refractivity contribution >= 4 is 17.8 Å². The van der Waals surface area contributed by atoms with Gasteiger partial charge in [-0.3, -0.25) is 10.1 Å². The molecule has 0 aliphatic carbocycles. The van der Waals surface area contributed by atoms with Crippen molar-refractivity contribution in [2.45, 2.75) is 39.4 Å². The van der Waals surface area contributed by atoms with Gasteiger partial charge in [0, 0.05) is 30.4 Å². The molecule has 0 radical (unpaired) electrons. The van der Waals surface area contributed by atoms with Crippen LogP contribution in [0, 0.1) is 11.3 Å². The first-order valence-electron chi connectivity index (χ1n) is 8.36. The molecule has 0 saturated carbocycles. The van der Waals surface area contributed by atoms with Crippen molar-refractivity contribution in [1.29, 1.82) is 5.26 Å². The van der Waals surface area contributed by atoms with Crippen LogP contribution in [-0.2, 0) is 18.6 Å². The third-order valence-corrected chi connectivity index (χ3v) is 4.22. The number of benzene rings is 1. The van der Waals surface area contributed by atoms with E-state index in [-0.39, 0.29) is 17.5 Å². The molecular weight excluding hydrogens is 330 g/mol. The summed E-state index contributed by atoms with van der Waals surface area (Å²) in [6.07, 6.45) is 1.72. The summed E-state index contributed by atoms with van der Waals surface area (Å²) in [5, 5.41) is 17.4. The quantitative estimate of drug-likeness (QED) is 0.793. The van der Waals surface area contributed by atoms with Crippen LogP contribution in [0.4, 0.5) is 10.6 Å². The Hall–Kier alpha value is -3.27. The predicted octanol–water partition coefficient (Wildman–Crippen LogP) is 2.68. The lowest BCUT2D eigenvalue weighted by molar-refractivity contribution is 0.0965. The zero-order valence-electron chi connectivity index (χ0n) is 15.0. The van der Waals surface area contributed by atoms with Gasteiger partial charge in [-0.1, -0.05) is 12.1 Å². The van der Waals surface area contributed by atoms with E-state index in [0.29, 0.717) is 30.0 Å². The summed E-state index contributed by atoms with van der Waals surface area (Å²) < 4.78 is 1.85. The third kappa shape index (κ3) is 3.54. The molecule has 1 aromatic carbocycles. The number of aromatic nitrogens is 1. The number of nitrogens with one attached hydrogen (secondary N) is 3. The van der Waals surface area contributed by atoms with Crippen molar-refractivity contribution in [2.75, 3.05) is 5.32 Å². The van der Waals surface area contributed by atoms with Crippen molar-refractivity contribution in [3.8, 4) is 6.07 Å². The van der Waals surface area contributed by atoms with Gasteiger partial charge >= 0.3 is 6.03 Å². The largest absolute Gasteiger partial charge is 0.348 e. The Morgan fingerprint density at radius 3 is 2.81 bits per heavy atom. The molecule has 3 N–H and O–H groups in total. The third-order valence-electron chi connectivity index (χ3n) is 4.22. The molecule has 3 amide bonds. The molecule has 2 heterocycles. The Bertz CT molecular complexity index is 915. The normalized spacial score (nSPS) is 12.9. The summed E-state index contributed by atoms with van der Waals surface area (Å²) in [5.41, 5.74) is 2.69. The van der Waals surface area contributed by atoms with Crippen LogP contribution < -0.4 is 16.0 Å². The van der Waals surface area contributed by atoms with E-state index in [1.165, 1.54) is 0 Å². The Morgan fingerprint density at radius 1 is 1.35 bits per heavy atom. The van der Waals surface area contributed by atoms with Crippen LogP contribution in [0.15, 0.2) is 30.5 Å². The van der Waals surface area contributed by atoms with Crippen LogP contribution in [0.5, 0.6) is 0 Å². The number of nitrogens with zero attached hydrogens (tertiary/aromatic N) is 2. The molecule has 0 bridgehead atoms. The van der Waals surface area contributed by atoms with E-state index in [0.717, 1.165) is 11.1 Å². The summed E-state index contributed by atoms with van der Waals surface area (Å²) in [6, 6.07) is 8.94. The van der Waals surface area contributed by atoms with Gasteiger partial charge in [0.2, 0.25) is 0 Å². The van der Waals surface area contributed by atoms with E-state index in [1.54, 1.807) is 18.3 Å². The molecule has 0 saturated heterocycles. The first-order valence-corrected chi connectivity index (χ1v) is 8.36. The fourth-order valence-electron chi connectivity index (χ4n) is 2.89. The van der Waals surface area contributed by atoms with Crippen molar-refractivity contribution < 1.29 is 9.59 Å². The Morgan fingerprint density at radius 2 is 2.12 bits per heavy atom. The van der Waals surface area contributed by atoms with E-state index in [1.807, 2.05) is 37.5 Å². The molecule has 0 spiro atoms. The first-order chi connectivity index (χ1) is 12.3.